The summed E-state index contributed by atoms with van der Waals surface area (Å²) in [4.78, 5) is 25.2. The lowest BCUT2D eigenvalue weighted by atomic mass is 9.98. The van der Waals surface area contributed by atoms with E-state index in [-0.39, 0.29) is 12.5 Å². The van der Waals surface area contributed by atoms with Crippen LogP contribution in [0.25, 0.3) is 0 Å². The van der Waals surface area contributed by atoms with Gasteiger partial charge in [0.2, 0.25) is 0 Å². The maximum Gasteiger partial charge on any atom is 0.308 e. The second-order valence-corrected chi connectivity index (χ2v) is 5.84. The molecule has 1 unspecified atom stereocenters. The fourth-order valence-electron chi connectivity index (χ4n) is 2.88. The number of hydrogen-bond acceptors (Lipinski definition) is 3. The third kappa shape index (κ3) is 3.59. The molecular weight excluding hydrogens is 294 g/mol. The standard InChI is InChI=1S/C17H19N3O3/c21-16(19-8-4-7-14(11-19)17(22)23)15-9-18-20(12-15)10-13-5-2-1-3-6-13/h1-3,5-6,9,12,14H,4,7-8,10-11H2,(H,22,23). The van der Waals surface area contributed by atoms with E-state index in [0.29, 0.717) is 25.1 Å². The molecule has 23 heavy (non-hydrogen) atoms. The first kappa shape index (κ1) is 15.3. The number of likely N-dealkylation sites (tertiary alicyclic amines) is 1. The van der Waals surface area contributed by atoms with E-state index in [1.807, 2.05) is 30.3 Å². The molecule has 0 spiro atoms. The smallest absolute Gasteiger partial charge is 0.308 e. The van der Waals surface area contributed by atoms with Gasteiger partial charge in [-0.05, 0) is 18.4 Å². The molecule has 1 aromatic heterocycles. The summed E-state index contributed by atoms with van der Waals surface area (Å²) in [5.74, 6) is -1.44. The highest BCUT2D eigenvalue weighted by atomic mass is 16.4. The molecule has 1 fully saturated rings. The van der Waals surface area contributed by atoms with E-state index in [0.717, 1.165) is 12.0 Å². The van der Waals surface area contributed by atoms with Gasteiger partial charge in [-0.2, -0.15) is 5.10 Å². The van der Waals surface area contributed by atoms with E-state index >= 15 is 0 Å². The number of carboxylic acids is 1. The Morgan fingerprint density at radius 3 is 2.78 bits per heavy atom. The van der Waals surface area contributed by atoms with Crippen molar-refractivity contribution in [1.82, 2.24) is 14.7 Å². The average molecular weight is 313 g/mol. The largest absolute Gasteiger partial charge is 0.481 e. The van der Waals surface area contributed by atoms with Crippen molar-refractivity contribution in [2.45, 2.75) is 19.4 Å². The van der Waals surface area contributed by atoms with Crippen molar-refractivity contribution < 1.29 is 14.7 Å². The molecular formula is C17H19N3O3. The molecule has 1 aliphatic rings. The van der Waals surface area contributed by atoms with E-state index in [2.05, 4.69) is 5.10 Å². The Morgan fingerprint density at radius 1 is 1.26 bits per heavy atom. The van der Waals surface area contributed by atoms with Crippen LogP contribution in [0.4, 0.5) is 0 Å². The molecule has 2 aromatic rings. The zero-order chi connectivity index (χ0) is 16.2. The minimum Gasteiger partial charge on any atom is -0.481 e. The summed E-state index contributed by atoms with van der Waals surface area (Å²) < 4.78 is 1.72. The summed E-state index contributed by atoms with van der Waals surface area (Å²) in [5.41, 5.74) is 1.62. The van der Waals surface area contributed by atoms with Gasteiger partial charge < -0.3 is 10.0 Å². The number of amides is 1. The van der Waals surface area contributed by atoms with Gasteiger partial charge in [0.15, 0.2) is 0 Å². The monoisotopic (exact) mass is 313 g/mol. The summed E-state index contributed by atoms with van der Waals surface area (Å²) in [5, 5.41) is 13.4. The Labute approximate surface area is 134 Å². The number of carbonyl (C=O) groups excluding carboxylic acids is 1. The number of carbonyl (C=O) groups is 2. The lowest BCUT2D eigenvalue weighted by Gasteiger charge is -2.30. The molecule has 1 saturated heterocycles. The zero-order valence-corrected chi connectivity index (χ0v) is 12.8. The minimum atomic E-state index is -0.831. The highest BCUT2D eigenvalue weighted by Crippen LogP contribution is 2.18. The maximum atomic E-state index is 12.5. The van der Waals surface area contributed by atoms with Crippen LogP contribution >= 0.6 is 0 Å². The number of nitrogens with zero attached hydrogens (tertiary/aromatic N) is 3. The fourth-order valence-corrected chi connectivity index (χ4v) is 2.88. The van der Waals surface area contributed by atoms with Gasteiger partial charge in [-0.25, -0.2) is 0 Å². The molecule has 0 bridgehead atoms. The summed E-state index contributed by atoms with van der Waals surface area (Å²) in [6.07, 6.45) is 4.63. The zero-order valence-electron chi connectivity index (χ0n) is 12.8. The van der Waals surface area contributed by atoms with E-state index in [4.69, 9.17) is 5.11 Å². The quantitative estimate of drug-likeness (QED) is 0.935. The number of rotatable bonds is 4. The Balaban J connectivity index is 1.67. The van der Waals surface area contributed by atoms with Crippen molar-refractivity contribution >= 4 is 11.9 Å². The Kier molecular flexibility index (Phi) is 4.41. The van der Waals surface area contributed by atoms with Crippen molar-refractivity contribution in [3.05, 3.63) is 53.9 Å². The Morgan fingerprint density at radius 2 is 2.04 bits per heavy atom. The van der Waals surface area contributed by atoms with Crippen LogP contribution in [0.5, 0.6) is 0 Å². The summed E-state index contributed by atoms with van der Waals surface area (Å²) >= 11 is 0. The van der Waals surface area contributed by atoms with Crippen molar-refractivity contribution in [3.8, 4) is 0 Å². The third-order valence-electron chi connectivity index (χ3n) is 4.13. The molecule has 0 saturated carbocycles. The Hall–Kier alpha value is -2.63. The van der Waals surface area contributed by atoms with E-state index in [9.17, 15) is 9.59 Å². The molecule has 0 aliphatic carbocycles. The molecule has 1 N–H and O–H groups in total. The van der Waals surface area contributed by atoms with E-state index in [1.54, 1.807) is 22.0 Å². The van der Waals surface area contributed by atoms with Crippen LogP contribution in [-0.2, 0) is 11.3 Å². The van der Waals surface area contributed by atoms with Crippen molar-refractivity contribution in [2.75, 3.05) is 13.1 Å². The van der Waals surface area contributed by atoms with Crippen LogP contribution in [-0.4, -0.2) is 44.8 Å². The third-order valence-corrected chi connectivity index (χ3v) is 4.13. The molecule has 3 rings (SSSR count). The minimum absolute atomic E-state index is 0.143. The first-order valence-electron chi connectivity index (χ1n) is 7.72. The van der Waals surface area contributed by atoms with Crippen molar-refractivity contribution in [3.63, 3.8) is 0 Å². The molecule has 0 radical (unpaired) electrons. The molecule has 1 atom stereocenters. The van der Waals surface area contributed by atoms with Gasteiger partial charge in [0.25, 0.3) is 5.91 Å². The lowest BCUT2D eigenvalue weighted by molar-refractivity contribution is -0.143. The van der Waals surface area contributed by atoms with E-state index in [1.165, 1.54) is 0 Å². The van der Waals surface area contributed by atoms with Crippen LogP contribution < -0.4 is 0 Å². The summed E-state index contributed by atoms with van der Waals surface area (Å²) in [6.45, 7) is 1.48. The second kappa shape index (κ2) is 6.64. The second-order valence-electron chi connectivity index (χ2n) is 5.84. The van der Waals surface area contributed by atoms with E-state index < -0.39 is 11.9 Å². The molecule has 2 heterocycles. The van der Waals surface area contributed by atoms with Gasteiger partial charge >= 0.3 is 5.97 Å². The summed E-state index contributed by atoms with van der Waals surface area (Å²) in [6, 6.07) is 9.89. The first-order valence-corrected chi connectivity index (χ1v) is 7.72. The van der Waals surface area contributed by atoms with Crippen LogP contribution in [0.2, 0.25) is 0 Å². The van der Waals surface area contributed by atoms with Crippen LogP contribution in [0.1, 0.15) is 28.8 Å². The SMILES string of the molecule is O=C(O)C1CCCN(C(=O)c2cnn(Cc3ccccc3)c2)C1. The highest BCUT2D eigenvalue weighted by molar-refractivity contribution is 5.94. The number of hydrogen-bond donors (Lipinski definition) is 1. The van der Waals surface area contributed by atoms with Gasteiger partial charge in [-0.1, -0.05) is 30.3 Å². The molecule has 1 amide bonds. The predicted octanol–water partition coefficient (Wildman–Crippen LogP) is 1.87. The molecule has 120 valence electrons. The first-order chi connectivity index (χ1) is 11.1. The number of carboxylic acid groups (broad SMARTS) is 1. The molecule has 6 heteroatoms. The van der Waals surface area contributed by atoms with Gasteiger partial charge in [-0.15, -0.1) is 0 Å². The van der Waals surface area contributed by atoms with Gasteiger partial charge in [0.05, 0.1) is 24.2 Å². The summed E-state index contributed by atoms with van der Waals surface area (Å²) in [7, 11) is 0. The number of benzene rings is 1. The topological polar surface area (TPSA) is 75.4 Å². The van der Waals surface area contributed by atoms with Crippen molar-refractivity contribution in [1.29, 1.82) is 0 Å². The van der Waals surface area contributed by atoms with Crippen molar-refractivity contribution in [2.24, 2.45) is 5.92 Å². The van der Waals surface area contributed by atoms with Crippen LogP contribution in [0, 0.1) is 5.92 Å². The molecule has 1 aromatic carbocycles. The predicted molar refractivity (Wildman–Crippen MR) is 84.0 cm³/mol. The molecule has 6 nitrogen and oxygen atoms in total. The van der Waals surface area contributed by atoms with Gasteiger partial charge in [0, 0.05) is 19.3 Å². The average Bonchev–Trinajstić information content (AvgIpc) is 3.03. The normalized spacial score (nSPS) is 17.9. The number of aliphatic carboxylic acids is 1. The molecule has 1 aliphatic heterocycles. The number of piperidine rings is 1. The van der Waals surface area contributed by atoms with Crippen LogP contribution in [0.15, 0.2) is 42.7 Å². The van der Waals surface area contributed by atoms with Gasteiger partial charge in [0.1, 0.15) is 0 Å². The van der Waals surface area contributed by atoms with Crippen LogP contribution in [0.3, 0.4) is 0 Å². The fraction of sp³-hybridized carbons (Fsp3) is 0.353. The number of aromatic nitrogens is 2. The maximum absolute atomic E-state index is 12.5. The lowest BCUT2D eigenvalue weighted by Crippen LogP contribution is -2.42. The van der Waals surface area contributed by atoms with Gasteiger partial charge in [-0.3, -0.25) is 14.3 Å². The Bertz CT molecular complexity index is 696. The highest BCUT2D eigenvalue weighted by Gasteiger charge is 2.29.